The van der Waals surface area contributed by atoms with E-state index in [0.29, 0.717) is 18.5 Å². The molecule has 6 heteroatoms. The number of hydrogen-bond acceptors (Lipinski definition) is 4. The third-order valence-corrected chi connectivity index (χ3v) is 3.76. The van der Waals surface area contributed by atoms with E-state index in [0.717, 1.165) is 28.1 Å². The van der Waals surface area contributed by atoms with Gasteiger partial charge in [0.15, 0.2) is 0 Å². The first-order valence-electron chi connectivity index (χ1n) is 7.53. The van der Waals surface area contributed by atoms with E-state index in [1.165, 1.54) is 0 Å². The van der Waals surface area contributed by atoms with Crippen molar-refractivity contribution in [2.24, 2.45) is 7.05 Å². The molecule has 0 fully saturated rings. The van der Waals surface area contributed by atoms with Crippen molar-refractivity contribution in [1.82, 2.24) is 24.8 Å². The topological polar surface area (TPSA) is 72.7 Å². The van der Waals surface area contributed by atoms with E-state index in [2.05, 4.69) is 20.3 Å². The first-order chi connectivity index (χ1) is 11.0. The van der Waals surface area contributed by atoms with Crippen LogP contribution in [0.2, 0.25) is 0 Å². The van der Waals surface area contributed by atoms with Crippen LogP contribution in [0, 0.1) is 13.8 Å². The molecular formula is C17H19N5O. The Balaban J connectivity index is 1.69. The second-order valence-electron chi connectivity index (χ2n) is 5.63. The zero-order valence-corrected chi connectivity index (χ0v) is 13.5. The highest BCUT2D eigenvalue weighted by molar-refractivity contribution is 5.97. The number of carbonyl (C=O) groups is 1. The van der Waals surface area contributed by atoms with Gasteiger partial charge in [0.05, 0.1) is 34.4 Å². The maximum absolute atomic E-state index is 12.3. The Kier molecular flexibility index (Phi) is 4.06. The van der Waals surface area contributed by atoms with Crippen molar-refractivity contribution in [1.29, 1.82) is 0 Å². The van der Waals surface area contributed by atoms with E-state index in [-0.39, 0.29) is 5.91 Å². The van der Waals surface area contributed by atoms with Gasteiger partial charge in [0.25, 0.3) is 5.91 Å². The van der Waals surface area contributed by atoms with Crippen LogP contribution in [0.3, 0.4) is 0 Å². The highest BCUT2D eigenvalue weighted by Gasteiger charge is 2.08. The molecule has 1 N–H and O–H groups in total. The maximum atomic E-state index is 12.3. The monoisotopic (exact) mass is 309 g/mol. The van der Waals surface area contributed by atoms with Crippen LogP contribution in [0.4, 0.5) is 0 Å². The lowest BCUT2D eigenvalue weighted by molar-refractivity contribution is 0.0954. The number of rotatable bonds is 4. The van der Waals surface area contributed by atoms with Gasteiger partial charge >= 0.3 is 0 Å². The van der Waals surface area contributed by atoms with E-state index >= 15 is 0 Å². The quantitative estimate of drug-likeness (QED) is 0.799. The van der Waals surface area contributed by atoms with E-state index in [4.69, 9.17) is 0 Å². The van der Waals surface area contributed by atoms with Crippen LogP contribution < -0.4 is 5.32 Å². The van der Waals surface area contributed by atoms with Crippen LogP contribution in [-0.4, -0.2) is 32.0 Å². The lowest BCUT2D eigenvalue weighted by atomic mass is 10.1. The van der Waals surface area contributed by atoms with Crippen molar-refractivity contribution in [2.45, 2.75) is 20.3 Å². The molecule has 0 radical (unpaired) electrons. The molecule has 0 atom stereocenters. The van der Waals surface area contributed by atoms with E-state index < -0.39 is 0 Å². The molecule has 0 bridgehead atoms. The van der Waals surface area contributed by atoms with Gasteiger partial charge < -0.3 is 9.88 Å². The number of hydrogen-bond donors (Lipinski definition) is 1. The predicted molar refractivity (Wildman–Crippen MR) is 88.3 cm³/mol. The number of aromatic nitrogens is 4. The fraction of sp³-hybridized carbons (Fsp3) is 0.294. The van der Waals surface area contributed by atoms with Gasteiger partial charge in [-0.05, 0) is 32.0 Å². The zero-order chi connectivity index (χ0) is 16.4. The van der Waals surface area contributed by atoms with Gasteiger partial charge in [-0.15, -0.1) is 0 Å². The highest BCUT2D eigenvalue weighted by Crippen LogP contribution is 2.14. The Morgan fingerprint density at radius 3 is 2.61 bits per heavy atom. The van der Waals surface area contributed by atoms with E-state index in [9.17, 15) is 4.79 Å². The molecule has 1 amide bonds. The molecular weight excluding hydrogens is 290 g/mol. The predicted octanol–water partition coefficient (Wildman–Crippen LogP) is 1.95. The van der Waals surface area contributed by atoms with Gasteiger partial charge in [-0.25, -0.2) is 15.0 Å². The Hall–Kier alpha value is -2.76. The van der Waals surface area contributed by atoms with Gasteiger partial charge in [0.2, 0.25) is 0 Å². The summed E-state index contributed by atoms with van der Waals surface area (Å²) in [6.07, 6.45) is 4.41. The largest absolute Gasteiger partial charge is 0.352 e. The summed E-state index contributed by atoms with van der Waals surface area (Å²) < 4.78 is 1.89. The second kappa shape index (κ2) is 6.16. The van der Waals surface area contributed by atoms with Crippen molar-refractivity contribution in [3.63, 3.8) is 0 Å². The van der Waals surface area contributed by atoms with Crippen LogP contribution in [0.5, 0.6) is 0 Å². The van der Waals surface area contributed by atoms with Crippen molar-refractivity contribution in [3.05, 3.63) is 53.4 Å². The fourth-order valence-electron chi connectivity index (χ4n) is 2.37. The van der Waals surface area contributed by atoms with Gasteiger partial charge in [0, 0.05) is 31.8 Å². The molecule has 0 saturated carbocycles. The molecule has 2 aromatic heterocycles. The molecule has 118 valence electrons. The minimum Gasteiger partial charge on any atom is -0.352 e. The maximum Gasteiger partial charge on any atom is 0.251 e. The van der Waals surface area contributed by atoms with Gasteiger partial charge in [-0.3, -0.25) is 4.79 Å². The summed E-state index contributed by atoms with van der Waals surface area (Å²) >= 11 is 0. The number of benzene rings is 1. The van der Waals surface area contributed by atoms with E-state index in [1.54, 1.807) is 18.5 Å². The molecule has 2 heterocycles. The molecule has 0 unspecified atom stereocenters. The standard InChI is InChI=1S/C17H19N5O/c1-11-12(2)21-16-8-13(4-5-15(16)20-11)17(23)18-7-6-14-9-22(3)10-19-14/h4-5,8-10H,6-7H2,1-3H3,(H,18,23). The van der Waals surface area contributed by atoms with E-state index in [1.807, 2.05) is 37.7 Å². The summed E-state index contributed by atoms with van der Waals surface area (Å²) in [7, 11) is 1.93. The molecule has 3 aromatic rings. The first-order valence-corrected chi connectivity index (χ1v) is 7.53. The minimum absolute atomic E-state index is 0.108. The summed E-state index contributed by atoms with van der Waals surface area (Å²) in [5.41, 5.74) is 4.89. The Bertz CT molecular complexity index is 869. The lowest BCUT2D eigenvalue weighted by Crippen LogP contribution is -2.25. The summed E-state index contributed by atoms with van der Waals surface area (Å²) in [6.45, 7) is 4.40. The van der Waals surface area contributed by atoms with Gasteiger partial charge in [-0.1, -0.05) is 0 Å². The summed E-state index contributed by atoms with van der Waals surface area (Å²) in [5, 5.41) is 2.91. The summed E-state index contributed by atoms with van der Waals surface area (Å²) in [4.78, 5) is 25.5. The minimum atomic E-state index is -0.108. The number of aryl methyl sites for hydroxylation is 3. The van der Waals surface area contributed by atoms with Crippen LogP contribution in [0.25, 0.3) is 11.0 Å². The SMILES string of the molecule is Cc1nc2ccc(C(=O)NCCc3cn(C)cn3)cc2nc1C. The molecule has 23 heavy (non-hydrogen) atoms. The number of imidazole rings is 1. The van der Waals surface area contributed by atoms with Crippen molar-refractivity contribution < 1.29 is 4.79 Å². The molecule has 3 rings (SSSR count). The molecule has 0 spiro atoms. The molecule has 6 nitrogen and oxygen atoms in total. The van der Waals surface area contributed by atoms with Gasteiger partial charge in [0.1, 0.15) is 0 Å². The average molecular weight is 309 g/mol. The van der Waals surface area contributed by atoms with Gasteiger partial charge in [-0.2, -0.15) is 0 Å². The third-order valence-electron chi connectivity index (χ3n) is 3.76. The molecule has 0 aliphatic rings. The van der Waals surface area contributed by atoms with Crippen molar-refractivity contribution in [2.75, 3.05) is 6.54 Å². The molecule has 0 saturated heterocycles. The van der Waals surface area contributed by atoms with Crippen molar-refractivity contribution >= 4 is 16.9 Å². The first kappa shape index (κ1) is 15.1. The van der Waals surface area contributed by atoms with Crippen LogP contribution in [0.15, 0.2) is 30.7 Å². The zero-order valence-electron chi connectivity index (χ0n) is 13.5. The smallest absolute Gasteiger partial charge is 0.251 e. The molecule has 1 aromatic carbocycles. The fourth-order valence-corrected chi connectivity index (χ4v) is 2.37. The lowest BCUT2D eigenvalue weighted by Gasteiger charge is -2.06. The van der Waals surface area contributed by atoms with Crippen molar-refractivity contribution in [3.8, 4) is 0 Å². The number of nitrogens with one attached hydrogen (secondary N) is 1. The number of amides is 1. The van der Waals surface area contributed by atoms with Crippen LogP contribution in [-0.2, 0) is 13.5 Å². The summed E-state index contributed by atoms with van der Waals surface area (Å²) in [6, 6.07) is 5.40. The molecule has 0 aliphatic heterocycles. The number of fused-ring (bicyclic) bond motifs is 1. The normalized spacial score (nSPS) is 10.9. The number of carbonyl (C=O) groups excluding carboxylic acids is 1. The Morgan fingerprint density at radius 2 is 1.91 bits per heavy atom. The second-order valence-corrected chi connectivity index (χ2v) is 5.63. The van der Waals surface area contributed by atoms with Crippen LogP contribution in [0.1, 0.15) is 27.4 Å². The average Bonchev–Trinajstić information content (AvgIpc) is 2.93. The van der Waals surface area contributed by atoms with Crippen LogP contribution >= 0.6 is 0 Å². The number of nitrogens with zero attached hydrogens (tertiary/aromatic N) is 4. The third kappa shape index (κ3) is 3.36. The summed E-state index contributed by atoms with van der Waals surface area (Å²) in [5.74, 6) is -0.108. The Labute approximate surface area is 134 Å². The molecule has 0 aliphatic carbocycles. The Morgan fingerprint density at radius 1 is 1.17 bits per heavy atom. The highest BCUT2D eigenvalue weighted by atomic mass is 16.1.